The summed E-state index contributed by atoms with van der Waals surface area (Å²) in [5.41, 5.74) is 0.00434. The second-order valence-corrected chi connectivity index (χ2v) is 8.21. The predicted octanol–water partition coefficient (Wildman–Crippen LogP) is 2.89. The highest BCUT2D eigenvalue weighted by molar-refractivity contribution is 9.10. The van der Waals surface area contributed by atoms with Gasteiger partial charge in [0, 0.05) is 4.47 Å². The van der Waals surface area contributed by atoms with E-state index in [1.54, 1.807) is 24.3 Å². The summed E-state index contributed by atoms with van der Waals surface area (Å²) in [6, 6.07) is 10.3. The second-order valence-electron chi connectivity index (χ2n) is 5.23. The molecule has 8 nitrogen and oxygen atoms in total. The molecular weight excluding hydrogens is 430 g/mol. The minimum atomic E-state index is -3.81. The Labute approximate surface area is 157 Å². The summed E-state index contributed by atoms with van der Waals surface area (Å²) < 4.78 is 34.8. The Morgan fingerprint density at radius 2 is 1.96 bits per heavy atom. The summed E-state index contributed by atoms with van der Waals surface area (Å²) in [5, 5.41) is 11.1. The zero-order chi connectivity index (χ0) is 19.3. The zero-order valence-electron chi connectivity index (χ0n) is 13.5. The van der Waals surface area contributed by atoms with Crippen LogP contribution >= 0.6 is 15.9 Å². The van der Waals surface area contributed by atoms with Gasteiger partial charge in [-0.15, -0.1) is 0 Å². The van der Waals surface area contributed by atoms with E-state index in [2.05, 4.69) is 15.9 Å². The van der Waals surface area contributed by atoms with Crippen LogP contribution in [0.2, 0.25) is 0 Å². The average molecular weight is 444 g/mol. The van der Waals surface area contributed by atoms with Crippen LogP contribution in [0, 0.1) is 10.1 Å². The number of carbonyl (C=O) groups is 1. The summed E-state index contributed by atoms with van der Waals surface area (Å²) in [5.74, 6) is -2.50. The van der Waals surface area contributed by atoms with Crippen LogP contribution in [0.25, 0.3) is 0 Å². The number of ether oxygens (including phenoxy) is 2. The molecule has 0 aliphatic rings. The molecule has 0 saturated heterocycles. The lowest BCUT2D eigenvalue weighted by Crippen LogP contribution is -2.22. The van der Waals surface area contributed by atoms with Crippen LogP contribution < -0.4 is 9.47 Å². The minimum absolute atomic E-state index is 0.207. The van der Waals surface area contributed by atoms with Crippen molar-refractivity contribution >= 4 is 37.4 Å². The maximum atomic E-state index is 12.2. The van der Waals surface area contributed by atoms with Gasteiger partial charge in [0.2, 0.25) is 5.75 Å². The number of benzene rings is 2. The number of halogens is 1. The standard InChI is InChI=1S/C16H14BrNO7S/c1-24-13-5-6-15(14(8-13)18(20)21)25-16(19)10-26(22,23)9-11-3-2-4-12(17)7-11/h2-8H,9-10H2,1H3. The second kappa shape index (κ2) is 8.28. The molecule has 10 heteroatoms. The highest BCUT2D eigenvalue weighted by Crippen LogP contribution is 2.31. The van der Waals surface area contributed by atoms with Crippen LogP contribution in [0.3, 0.4) is 0 Å². The van der Waals surface area contributed by atoms with E-state index in [1.165, 1.54) is 19.2 Å². The van der Waals surface area contributed by atoms with Crippen molar-refractivity contribution in [3.05, 3.63) is 62.6 Å². The summed E-state index contributed by atoms with van der Waals surface area (Å²) >= 11 is 3.24. The molecule has 138 valence electrons. The van der Waals surface area contributed by atoms with Crippen LogP contribution in [0.15, 0.2) is 46.9 Å². The fourth-order valence-corrected chi connectivity index (χ4v) is 3.77. The molecule has 2 aromatic carbocycles. The van der Waals surface area contributed by atoms with E-state index in [-0.39, 0.29) is 17.3 Å². The van der Waals surface area contributed by atoms with E-state index in [9.17, 15) is 23.3 Å². The molecule has 0 aliphatic heterocycles. The van der Waals surface area contributed by atoms with E-state index in [1.807, 2.05) is 0 Å². The number of rotatable bonds is 7. The number of nitro groups is 1. The SMILES string of the molecule is COc1ccc(OC(=O)CS(=O)(=O)Cc2cccc(Br)c2)c([N+](=O)[O-])c1. The fourth-order valence-electron chi connectivity index (χ4n) is 2.12. The minimum Gasteiger partial charge on any atom is -0.496 e. The third-order valence-corrected chi connectivity index (χ3v) is 5.14. The molecule has 0 aromatic heterocycles. The van der Waals surface area contributed by atoms with Gasteiger partial charge >= 0.3 is 11.7 Å². The number of nitrogens with zero attached hydrogens (tertiary/aromatic N) is 1. The Bertz CT molecular complexity index is 943. The predicted molar refractivity (Wildman–Crippen MR) is 96.9 cm³/mol. The van der Waals surface area contributed by atoms with Gasteiger partial charge in [0.1, 0.15) is 11.5 Å². The Balaban J connectivity index is 2.12. The average Bonchev–Trinajstić information content (AvgIpc) is 2.53. The van der Waals surface area contributed by atoms with Crippen molar-refractivity contribution in [2.75, 3.05) is 12.9 Å². The smallest absolute Gasteiger partial charge is 0.326 e. The summed E-state index contributed by atoms with van der Waals surface area (Å²) in [7, 11) is -2.47. The molecule has 0 unspecified atom stereocenters. The van der Waals surface area contributed by atoms with E-state index in [0.29, 0.717) is 10.0 Å². The van der Waals surface area contributed by atoms with Gasteiger partial charge in [0.05, 0.1) is 23.9 Å². The number of esters is 1. The summed E-state index contributed by atoms with van der Waals surface area (Å²) in [4.78, 5) is 22.3. The first kappa shape index (κ1) is 19.9. The first-order chi connectivity index (χ1) is 12.2. The Hall–Kier alpha value is -2.46. The van der Waals surface area contributed by atoms with E-state index in [0.717, 1.165) is 6.07 Å². The molecule has 0 heterocycles. The van der Waals surface area contributed by atoms with E-state index < -0.39 is 32.2 Å². The van der Waals surface area contributed by atoms with Crippen LogP contribution in [0.5, 0.6) is 11.5 Å². The number of carbonyl (C=O) groups excluding carboxylic acids is 1. The molecule has 26 heavy (non-hydrogen) atoms. The van der Waals surface area contributed by atoms with Crippen molar-refractivity contribution < 1.29 is 27.6 Å². The van der Waals surface area contributed by atoms with Crippen molar-refractivity contribution in [3.8, 4) is 11.5 Å². The van der Waals surface area contributed by atoms with E-state index >= 15 is 0 Å². The summed E-state index contributed by atoms with van der Waals surface area (Å²) in [6.07, 6.45) is 0. The molecule has 0 amide bonds. The molecule has 2 aromatic rings. The van der Waals surface area contributed by atoms with Gasteiger partial charge in [-0.1, -0.05) is 28.1 Å². The number of hydrogen-bond acceptors (Lipinski definition) is 7. The third-order valence-electron chi connectivity index (χ3n) is 3.20. The van der Waals surface area contributed by atoms with Gasteiger partial charge in [-0.25, -0.2) is 8.42 Å². The molecular formula is C16H14BrNO7S. The van der Waals surface area contributed by atoms with Crippen LogP contribution in [-0.2, 0) is 20.4 Å². The maximum absolute atomic E-state index is 12.2. The highest BCUT2D eigenvalue weighted by Gasteiger charge is 2.23. The molecule has 0 spiro atoms. The van der Waals surface area contributed by atoms with Crippen LogP contribution in [0.1, 0.15) is 5.56 Å². The van der Waals surface area contributed by atoms with Crippen molar-refractivity contribution in [3.63, 3.8) is 0 Å². The molecule has 0 radical (unpaired) electrons. The lowest BCUT2D eigenvalue weighted by molar-refractivity contribution is -0.385. The number of hydrogen-bond donors (Lipinski definition) is 0. The van der Waals surface area contributed by atoms with Crippen LogP contribution in [0.4, 0.5) is 5.69 Å². The maximum Gasteiger partial charge on any atom is 0.326 e. The lowest BCUT2D eigenvalue weighted by atomic mass is 10.2. The van der Waals surface area contributed by atoms with Gasteiger partial charge < -0.3 is 9.47 Å². The number of sulfone groups is 1. The number of methoxy groups -OCH3 is 1. The van der Waals surface area contributed by atoms with Crippen molar-refractivity contribution in [2.45, 2.75) is 5.75 Å². The zero-order valence-corrected chi connectivity index (χ0v) is 15.9. The van der Waals surface area contributed by atoms with Gasteiger partial charge in [0.15, 0.2) is 9.84 Å². The molecule has 0 fully saturated rings. The Morgan fingerprint density at radius 1 is 1.23 bits per heavy atom. The Kier molecular flexibility index (Phi) is 6.32. The topological polar surface area (TPSA) is 113 Å². The normalized spacial score (nSPS) is 11.0. The third kappa shape index (κ3) is 5.53. The first-order valence-electron chi connectivity index (χ1n) is 7.18. The summed E-state index contributed by atoms with van der Waals surface area (Å²) in [6.45, 7) is 0. The Morgan fingerprint density at radius 3 is 2.58 bits per heavy atom. The molecule has 0 aliphatic carbocycles. The highest BCUT2D eigenvalue weighted by atomic mass is 79.9. The van der Waals surface area contributed by atoms with Crippen LogP contribution in [-0.4, -0.2) is 32.2 Å². The molecule has 0 saturated carbocycles. The molecule has 0 N–H and O–H groups in total. The quantitative estimate of drug-likeness (QED) is 0.279. The first-order valence-corrected chi connectivity index (χ1v) is 9.79. The van der Waals surface area contributed by atoms with Gasteiger partial charge in [0.25, 0.3) is 0 Å². The molecule has 0 atom stereocenters. The van der Waals surface area contributed by atoms with Gasteiger partial charge in [-0.05, 0) is 29.8 Å². The molecule has 0 bridgehead atoms. The number of nitro benzene ring substituents is 1. The van der Waals surface area contributed by atoms with Crippen molar-refractivity contribution in [1.82, 2.24) is 0 Å². The largest absolute Gasteiger partial charge is 0.496 e. The van der Waals surface area contributed by atoms with Crippen molar-refractivity contribution in [1.29, 1.82) is 0 Å². The molecule has 2 rings (SSSR count). The van der Waals surface area contributed by atoms with Crippen molar-refractivity contribution in [2.24, 2.45) is 0 Å². The monoisotopic (exact) mass is 443 g/mol. The van der Waals surface area contributed by atoms with Gasteiger partial charge in [-0.3, -0.25) is 14.9 Å². The fraction of sp³-hybridized carbons (Fsp3) is 0.188. The van der Waals surface area contributed by atoms with E-state index in [4.69, 9.17) is 9.47 Å². The lowest BCUT2D eigenvalue weighted by Gasteiger charge is -2.08. The van der Waals surface area contributed by atoms with Gasteiger partial charge in [-0.2, -0.15) is 0 Å².